The van der Waals surface area contributed by atoms with E-state index in [1.165, 1.54) is 25.2 Å². The van der Waals surface area contributed by atoms with E-state index in [1.807, 2.05) is 18.5 Å². The normalized spacial score (nSPS) is 25.6. The second-order valence-corrected chi connectivity index (χ2v) is 10.1. The first kappa shape index (κ1) is 28.7. The Kier molecular flexibility index (Phi) is 8.45. The summed E-state index contributed by atoms with van der Waals surface area (Å²) in [6.07, 6.45) is -0.380. The van der Waals surface area contributed by atoms with E-state index >= 15 is 0 Å². The SMILES string of the molecule is Cc1c(C2CC3CC(O)(/C(=C(/N)C(F)(F)F)N(C)N)CC3C2)ncn1C.O=CNc1ccc(F)c(Cl)c1. The van der Waals surface area contributed by atoms with E-state index < -0.39 is 29.0 Å². The Bertz CT molecular complexity index is 1150. The first-order chi connectivity index (χ1) is 17.2. The molecule has 2 unspecified atom stereocenters. The molecule has 0 radical (unpaired) electrons. The number of halogens is 5. The summed E-state index contributed by atoms with van der Waals surface area (Å²) < 4.78 is 53.8. The summed E-state index contributed by atoms with van der Waals surface area (Å²) in [5.74, 6) is 5.65. The first-order valence-corrected chi connectivity index (χ1v) is 12.0. The molecule has 2 atom stereocenters. The van der Waals surface area contributed by atoms with Crippen LogP contribution in [0, 0.1) is 24.6 Å². The second kappa shape index (κ2) is 10.9. The highest BCUT2D eigenvalue weighted by Gasteiger charge is 2.54. The van der Waals surface area contributed by atoms with Crippen molar-refractivity contribution in [3.8, 4) is 0 Å². The topological polar surface area (TPSA) is 122 Å². The van der Waals surface area contributed by atoms with Crippen LogP contribution in [0.4, 0.5) is 23.2 Å². The maximum Gasteiger partial charge on any atom is 0.432 e. The number of fused-ring (bicyclic) bond motifs is 1. The fraction of sp³-hybridized carbons (Fsp3) is 0.500. The molecule has 2 aliphatic carbocycles. The van der Waals surface area contributed by atoms with Crippen LogP contribution >= 0.6 is 11.6 Å². The van der Waals surface area contributed by atoms with E-state index in [9.17, 15) is 27.5 Å². The zero-order valence-electron chi connectivity index (χ0n) is 20.7. The third kappa shape index (κ3) is 6.19. The predicted molar refractivity (Wildman–Crippen MR) is 131 cm³/mol. The predicted octanol–water partition coefficient (Wildman–Crippen LogP) is 3.95. The molecule has 4 rings (SSSR count). The summed E-state index contributed by atoms with van der Waals surface area (Å²) in [5.41, 5.74) is 4.55. The molecule has 204 valence electrons. The standard InChI is InChI=1S/C17H26F3N5O.C7H5ClFNO/c1-9-13(23-8-24(9)2)10-4-11-6-16(26,7-12(11)5-10)15(25(3)22)14(21)17(18,19)20;8-6-3-5(10-4-11)1-2-7(6)9/h8,10-12,26H,4-7,21-22H2,1-3H3;1-4H,(H,10,11)/b15-14-;. The van der Waals surface area contributed by atoms with Gasteiger partial charge in [-0.2, -0.15) is 13.2 Å². The number of carbonyl (C=O) groups excluding carboxylic acids is 1. The fourth-order valence-electron chi connectivity index (χ4n) is 5.55. The van der Waals surface area contributed by atoms with Crippen LogP contribution in [0.3, 0.4) is 0 Å². The Morgan fingerprint density at radius 2 is 1.92 bits per heavy atom. The molecular formula is C24H31ClF4N6O2. The molecule has 8 nitrogen and oxygen atoms in total. The van der Waals surface area contributed by atoms with Crippen molar-refractivity contribution in [2.45, 2.75) is 50.3 Å². The van der Waals surface area contributed by atoms with Crippen molar-refractivity contribution in [1.29, 1.82) is 0 Å². The Morgan fingerprint density at radius 1 is 1.32 bits per heavy atom. The number of benzene rings is 1. The molecule has 37 heavy (non-hydrogen) atoms. The number of alkyl halides is 3. The summed E-state index contributed by atoms with van der Waals surface area (Å²) >= 11 is 5.42. The molecule has 1 heterocycles. The minimum atomic E-state index is -4.73. The Morgan fingerprint density at radius 3 is 2.35 bits per heavy atom. The lowest BCUT2D eigenvalue weighted by Gasteiger charge is -2.34. The summed E-state index contributed by atoms with van der Waals surface area (Å²) in [6.45, 7) is 2.01. The zero-order chi connectivity index (χ0) is 27.7. The van der Waals surface area contributed by atoms with E-state index in [-0.39, 0.29) is 35.6 Å². The molecular weight excluding hydrogens is 516 g/mol. The van der Waals surface area contributed by atoms with Crippen molar-refractivity contribution in [2.75, 3.05) is 12.4 Å². The number of rotatable bonds is 5. The smallest absolute Gasteiger partial charge is 0.393 e. The molecule has 2 fully saturated rings. The largest absolute Gasteiger partial charge is 0.432 e. The number of aryl methyl sites for hydroxylation is 1. The van der Waals surface area contributed by atoms with Crippen molar-refractivity contribution in [1.82, 2.24) is 14.6 Å². The zero-order valence-corrected chi connectivity index (χ0v) is 21.4. The summed E-state index contributed by atoms with van der Waals surface area (Å²) in [7, 11) is 3.22. The number of nitrogens with two attached hydrogens (primary N) is 2. The molecule has 1 aromatic heterocycles. The van der Waals surface area contributed by atoms with Gasteiger partial charge >= 0.3 is 6.18 Å². The van der Waals surface area contributed by atoms with Crippen LogP contribution in [0.25, 0.3) is 0 Å². The lowest BCUT2D eigenvalue weighted by atomic mass is 9.89. The van der Waals surface area contributed by atoms with Gasteiger partial charge in [0.2, 0.25) is 6.41 Å². The Hall–Kier alpha value is -2.83. The van der Waals surface area contributed by atoms with E-state index in [0.717, 1.165) is 29.2 Å². The van der Waals surface area contributed by atoms with Gasteiger partial charge in [0.25, 0.3) is 0 Å². The van der Waals surface area contributed by atoms with Gasteiger partial charge in [-0.1, -0.05) is 11.6 Å². The molecule has 0 aliphatic heterocycles. The number of anilines is 1. The average molecular weight is 547 g/mol. The van der Waals surface area contributed by atoms with Crippen LogP contribution in [0.2, 0.25) is 5.02 Å². The summed E-state index contributed by atoms with van der Waals surface area (Å²) in [4.78, 5) is 14.4. The Balaban J connectivity index is 0.000000289. The van der Waals surface area contributed by atoms with Crippen LogP contribution in [-0.2, 0) is 11.8 Å². The van der Waals surface area contributed by atoms with Crippen molar-refractivity contribution in [3.05, 3.63) is 58.1 Å². The van der Waals surface area contributed by atoms with Crippen molar-refractivity contribution < 1.29 is 27.5 Å². The molecule has 0 bridgehead atoms. The number of carbonyl (C=O) groups is 1. The minimum Gasteiger partial charge on any atom is -0.393 e. The number of nitrogens with one attached hydrogen (secondary N) is 1. The molecule has 0 spiro atoms. The van der Waals surface area contributed by atoms with Gasteiger partial charge in [0.1, 0.15) is 17.1 Å². The number of hydrogen-bond donors (Lipinski definition) is 4. The highest BCUT2D eigenvalue weighted by Crippen LogP contribution is 2.56. The van der Waals surface area contributed by atoms with Crippen LogP contribution in [-0.4, -0.2) is 44.9 Å². The first-order valence-electron chi connectivity index (χ1n) is 11.6. The highest BCUT2D eigenvalue weighted by molar-refractivity contribution is 6.31. The number of allylic oxidation sites excluding steroid dienone is 1. The van der Waals surface area contributed by atoms with E-state index in [2.05, 4.69) is 10.3 Å². The number of nitrogens with zero attached hydrogens (tertiary/aromatic N) is 3. The molecule has 0 saturated heterocycles. The van der Waals surface area contributed by atoms with Crippen LogP contribution in [0.5, 0.6) is 0 Å². The molecule has 2 aliphatic rings. The van der Waals surface area contributed by atoms with Gasteiger partial charge in [-0.05, 0) is 62.6 Å². The van der Waals surface area contributed by atoms with Gasteiger partial charge in [0.15, 0.2) is 0 Å². The van der Waals surface area contributed by atoms with Gasteiger partial charge in [-0.25, -0.2) is 15.2 Å². The third-order valence-electron chi connectivity index (χ3n) is 7.20. The quantitative estimate of drug-likeness (QED) is 0.195. The molecule has 1 aromatic carbocycles. The van der Waals surface area contributed by atoms with Gasteiger partial charge in [-0.15, -0.1) is 0 Å². The average Bonchev–Trinajstić information content (AvgIpc) is 3.42. The van der Waals surface area contributed by atoms with Crippen LogP contribution in [0.15, 0.2) is 35.9 Å². The number of likely N-dealkylation sites (N-methyl/N-ethyl adjacent to an activating group) is 1. The fourth-order valence-corrected chi connectivity index (χ4v) is 5.73. The maximum atomic E-state index is 13.1. The van der Waals surface area contributed by atoms with Crippen LogP contribution in [0.1, 0.15) is 43.0 Å². The number of aromatic nitrogens is 2. The molecule has 2 aromatic rings. The van der Waals surface area contributed by atoms with Gasteiger partial charge in [0, 0.05) is 31.4 Å². The van der Waals surface area contributed by atoms with E-state index in [1.54, 1.807) is 6.33 Å². The number of amides is 1. The number of hydrazine groups is 1. The molecule has 1 amide bonds. The molecule has 2 saturated carbocycles. The van der Waals surface area contributed by atoms with Gasteiger partial charge in [0.05, 0.1) is 22.7 Å². The molecule has 6 N–H and O–H groups in total. The van der Waals surface area contributed by atoms with Crippen molar-refractivity contribution in [2.24, 2.45) is 30.5 Å². The van der Waals surface area contributed by atoms with E-state index in [0.29, 0.717) is 12.1 Å². The summed E-state index contributed by atoms with van der Waals surface area (Å²) in [6, 6.07) is 3.95. The van der Waals surface area contributed by atoms with Crippen molar-refractivity contribution in [3.63, 3.8) is 0 Å². The highest BCUT2D eigenvalue weighted by atomic mass is 35.5. The lowest BCUT2D eigenvalue weighted by molar-refractivity contribution is -0.105. The van der Waals surface area contributed by atoms with Crippen LogP contribution < -0.4 is 16.9 Å². The van der Waals surface area contributed by atoms with E-state index in [4.69, 9.17) is 23.2 Å². The maximum absolute atomic E-state index is 13.1. The lowest BCUT2D eigenvalue weighted by Crippen LogP contribution is -2.45. The number of aliphatic hydroxyl groups is 1. The van der Waals surface area contributed by atoms with Gasteiger partial charge < -0.3 is 25.7 Å². The summed E-state index contributed by atoms with van der Waals surface area (Å²) in [5, 5.41) is 14.1. The number of imidazole rings is 1. The Labute approximate surface area is 217 Å². The monoisotopic (exact) mass is 546 g/mol. The van der Waals surface area contributed by atoms with Gasteiger partial charge in [-0.3, -0.25) is 4.79 Å². The third-order valence-corrected chi connectivity index (χ3v) is 7.49. The number of hydrogen-bond acceptors (Lipinski definition) is 6. The second-order valence-electron chi connectivity index (χ2n) is 9.72. The minimum absolute atomic E-state index is 0.00292. The molecule has 13 heteroatoms. The van der Waals surface area contributed by atoms with Crippen molar-refractivity contribution >= 4 is 23.7 Å².